The molecule has 0 radical (unpaired) electrons. The summed E-state index contributed by atoms with van der Waals surface area (Å²) in [6.07, 6.45) is 1.81. The van der Waals surface area contributed by atoms with Crippen LogP contribution in [0.25, 0.3) is 10.6 Å². The number of nitrogens with one attached hydrogen (secondary N) is 2. The molecule has 1 aliphatic rings. The highest BCUT2D eigenvalue weighted by atomic mass is 32.1. The van der Waals surface area contributed by atoms with Gasteiger partial charge in [0.1, 0.15) is 0 Å². The number of hydrogen-bond donors (Lipinski definition) is 3. The van der Waals surface area contributed by atoms with Crippen molar-refractivity contribution < 1.29 is 9.90 Å². The molecule has 0 bridgehead atoms. The number of aryl methyl sites for hydroxylation is 1. The van der Waals surface area contributed by atoms with Crippen molar-refractivity contribution >= 4 is 17.2 Å². The van der Waals surface area contributed by atoms with Crippen molar-refractivity contribution in [1.82, 2.24) is 20.6 Å². The van der Waals surface area contributed by atoms with Gasteiger partial charge in [0.15, 0.2) is 0 Å². The van der Waals surface area contributed by atoms with Crippen LogP contribution < -0.4 is 10.6 Å². The van der Waals surface area contributed by atoms with E-state index in [0.29, 0.717) is 13.0 Å². The Labute approximate surface area is 139 Å². The number of aliphatic hydroxyl groups excluding tert-OH is 1. The molecule has 1 fully saturated rings. The molecule has 3 rings (SSSR count). The number of nitrogens with zero attached hydrogens (tertiary/aromatic N) is 2. The van der Waals surface area contributed by atoms with Gasteiger partial charge in [-0.2, -0.15) is 0 Å². The molecule has 3 atom stereocenters. The topological polar surface area (TPSA) is 87.1 Å². The van der Waals surface area contributed by atoms with E-state index in [1.165, 1.54) is 0 Å². The van der Waals surface area contributed by atoms with Crippen LogP contribution in [-0.4, -0.2) is 39.7 Å². The zero-order chi connectivity index (χ0) is 16.4. The molecule has 2 aromatic rings. The second-order valence-corrected chi connectivity index (χ2v) is 6.68. The zero-order valence-corrected chi connectivity index (χ0v) is 13.9. The largest absolute Gasteiger partial charge is 0.392 e. The lowest BCUT2D eigenvalue weighted by molar-refractivity contribution is -0.123. The number of pyridine rings is 1. The number of carbonyl (C=O) groups is 1. The summed E-state index contributed by atoms with van der Waals surface area (Å²) in [4.78, 5) is 21.9. The first-order chi connectivity index (χ1) is 11.0. The third-order valence-corrected chi connectivity index (χ3v) is 5.00. The van der Waals surface area contributed by atoms with Crippen molar-refractivity contribution in [3.63, 3.8) is 0 Å². The average Bonchev–Trinajstić information content (AvgIpc) is 3.16. The number of β-amino-alcohol motifs (C(OH)–C–C–N with tert-alkyl or cyclic N) is 1. The van der Waals surface area contributed by atoms with Crippen LogP contribution in [0.1, 0.15) is 30.6 Å². The van der Waals surface area contributed by atoms with Gasteiger partial charge in [0.2, 0.25) is 5.91 Å². The normalized spacial score (nSPS) is 22.0. The van der Waals surface area contributed by atoms with Crippen molar-refractivity contribution in [3.8, 4) is 10.6 Å². The third-order valence-electron chi connectivity index (χ3n) is 4.05. The van der Waals surface area contributed by atoms with Gasteiger partial charge in [0, 0.05) is 12.7 Å². The predicted molar refractivity (Wildman–Crippen MR) is 89.1 cm³/mol. The van der Waals surface area contributed by atoms with Gasteiger partial charge in [-0.3, -0.25) is 9.78 Å². The Morgan fingerprint density at radius 2 is 2.30 bits per heavy atom. The molecule has 7 heteroatoms. The second kappa shape index (κ2) is 6.74. The minimum Gasteiger partial charge on any atom is -0.392 e. The molecular formula is C16H20N4O2S. The van der Waals surface area contributed by atoms with Gasteiger partial charge in [-0.15, -0.1) is 11.3 Å². The Kier molecular flexibility index (Phi) is 4.70. The third kappa shape index (κ3) is 3.57. The first kappa shape index (κ1) is 16.0. The molecule has 3 N–H and O–H groups in total. The minimum atomic E-state index is -0.440. The van der Waals surface area contributed by atoms with Crippen LogP contribution in [0.2, 0.25) is 0 Å². The molecule has 0 unspecified atom stereocenters. The number of aliphatic hydroxyl groups is 1. The number of rotatable bonds is 4. The Morgan fingerprint density at radius 1 is 1.48 bits per heavy atom. The van der Waals surface area contributed by atoms with Crippen molar-refractivity contribution in [2.24, 2.45) is 0 Å². The van der Waals surface area contributed by atoms with Gasteiger partial charge in [-0.05, 0) is 31.9 Å². The number of amides is 1. The fraction of sp³-hybridized carbons (Fsp3) is 0.438. The van der Waals surface area contributed by atoms with E-state index in [0.717, 1.165) is 21.8 Å². The summed E-state index contributed by atoms with van der Waals surface area (Å²) in [5.41, 5.74) is 4.63. The highest BCUT2D eigenvalue weighted by Crippen LogP contribution is 2.26. The standard InChI is InChI=1S/C16H20N4O2S/c1-9(20-16(22)14-5-12(21)7-18-14)11-3-4-13(17-6-11)15-10(2)19-8-23-15/h3-4,6,8-9,12,14,18,21H,5,7H2,1-2H3,(H,20,22)/t9-,12+,14-/m0/s1. The molecule has 0 spiro atoms. The molecule has 0 saturated carbocycles. The van der Waals surface area contributed by atoms with Gasteiger partial charge < -0.3 is 15.7 Å². The SMILES string of the molecule is Cc1ncsc1-c1ccc([C@H](C)NC(=O)[C@@H]2C[C@@H](O)CN2)cn1. The van der Waals surface area contributed by atoms with Crippen molar-refractivity contribution in [3.05, 3.63) is 35.1 Å². The lowest BCUT2D eigenvalue weighted by Gasteiger charge is -2.17. The quantitative estimate of drug-likeness (QED) is 0.788. The molecule has 0 aliphatic carbocycles. The summed E-state index contributed by atoms with van der Waals surface area (Å²) in [7, 11) is 0. The molecule has 23 heavy (non-hydrogen) atoms. The van der Waals surface area contributed by atoms with E-state index >= 15 is 0 Å². The van der Waals surface area contributed by atoms with E-state index in [1.807, 2.05) is 31.5 Å². The number of thiazole rings is 1. The van der Waals surface area contributed by atoms with E-state index in [-0.39, 0.29) is 18.0 Å². The van der Waals surface area contributed by atoms with Gasteiger partial charge in [0.25, 0.3) is 0 Å². The Hall–Kier alpha value is -1.83. The van der Waals surface area contributed by atoms with Crippen LogP contribution in [0.3, 0.4) is 0 Å². The predicted octanol–water partition coefficient (Wildman–Crippen LogP) is 1.41. The van der Waals surface area contributed by atoms with Crippen molar-refractivity contribution in [1.29, 1.82) is 0 Å². The summed E-state index contributed by atoms with van der Waals surface area (Å²) >= 11 is 1.57. The van der Waals surface area contributed by atoms with E-state index < -0.39 is 6.10 Å². The minimum absolute atomic E-state index is 0.0866. The van der Waals surface area contributed by atoms with Crippen LogP contribution in [0, 0.1) is 6.92 Å². The number of hydrogen-bond acceptors (Lipinski definition) is 6. The maximum Gasteiger partial charge on any atom is 0.237 e. The van der Waals surface area contributed by atoms with Crippen molar-refractivity contribution in [2.75, 3.05) is 6.54 Å². The molecule has 3 heterocycles. The fourth-order valence-electron chi connectivity index (χ4n) is 2.66. The maximum atomic E-state index is 12.2. The van der Waals surface area contributed by atoms with E-state index in [1.54, 1.807) is 17.5 Å². The van der Waals surface area contributed by atoms with Gasteiger partial charge >= 0.3 is 0 Å². The highest BCUT2D eigenvalue weighted by Gasteiger charge is 2.28. The maximum absolute atomic E-state index is 12.2. The second-order valence-electron chi connectivity index (χ2n) is 5.82. The number of aromatic nitrogens is 2. The van der Waals surface area contributed by atoms with Crippen LogP contribution in [-0.2, 0) is 4.79 Å². The van der Waals surface area contributed by atoms with Gasteiger partial charge in [-0.1, -0.05) is 6.07 Å². The van der Waals surface area contributed by atoms with Crippen LogP contribution in [0.4, 0.5) is 0 Å². The molecular weight excluding hydrogens is 312 g/mol. The molecule has 1 aliphatic heterocycles. The Morgan fingerprint density at radius 3 is 2.87 bits per heavy atom. The van der Waals surface area contributed by atoms with Crippen LogP contribution in [0.5, 0.6) is 0 Å². The van der Waals surface area contributed by atoms with Crippen LogP contribution >= 0.6 is 11.3 Å². The average molecular weight is 332 g/mol. The summed E-state index contributed by atoms with van der Waals surface area (Å²) in [5.74, 6) is -0.0866. The summed E-state index contributed by atoms with van der Waals surface area (Å²) in [6, 6.07) is 3.48. The van der Waals surface area contributed by atoms with E-state index in [4.69, 9.17) is 0 Å². The Bertz CT molecular complexity index is 686. The summed E-state index contributed by atoms with van der Waals surface area (Å²) in [6.45, 7) is 4.36. The molecule has 2 aromatic heterocycles. The first-order valence-electron chi connectivity index (χ1n) is 7.63. The van der Waals surface area contributed by atoms with Gasteiger partial charge in [0.05, 0.1) is 40.0 Å². The van der Waals surface area contributed by atoms with E-state index in [2.05, 4.69) is 20.6 Å². The molecule has 6 nitrogen and oxygen atoms in total. The Balaban J connectivity index is 1.65. The van der Waals surface area contributed by atoms with Crippen molar-refractivity contribution in [2.45, 2.75) is 38.5 Å². The summed E-state index contributed by atoms with van der Waals surface area (Å²) < 4.78 is 0. The lowest BCUT2D eigenvalue weighted by atomic mass is 10.1. The van der Waals surface area contributed by atoms with Gasteiger partial charge in [-0.25, -0.2) is 4.98 Å². The van der Waals surface area contributed by atoms with E-state index in [9.17, 15) is 9.90 Å². The number of carbonyl (C=O) groups excluding carboxylic acids is 1. The zero-order valence-electron chi connectivity index (χ0n) is 13.1. The molecule has 1 amide bonds. The molecule has 1 saturated heterocycles. The summed E-state index contributed by atoms with van der Waals surface area (Å²) in [5, 5.41) is 15.5. The first-order valence-corrected chi connectivity index (χ1v) is 8.51. The highest BCUT2D eigenvalue weighted by molar-refractivity contribution is 7.13. The molecule has 0 aromatic carbocycles. The van der Waals surface area contributed by atoms with Crippen LogP contribution in [0.15, 0.2) is 23.8 Å². The lowest BCUT2D eigenvalue weighted by Crippen LogP contribution is -2.41. The molecule has 122 valence electrons. The fourth-order valence-corrected chi connectivity index (χ4v) is 3.44. The monoisotopic (exact) mass is 332 g/mol. The smallest absolute Gasteiger partial charge is 0.237 e.